The molecule has 2 rings (SSSR count). The second kappa shape index (κ2) is 7.28. The Bertz CT molecular complexity index is 600. The monoisotopic (exact) mass is 286 g/mol. The van der Waals surface area contributed by atoms with Gasteiger partial charge in [-0.2, -0.15) is 0 Å². The van der Waals surface area contributed by atoms with Gasteiger partial charge in [0.1, 0.15) is 0 Å². The summed E-state index contributed by atoms with van der Waals surface area (Å²) in [5.74, 6) is 1.29. The Morgan fingerprint density at radius 2 is 1.76 bits per heavy atom. The van der Waals surface area contributed by atoms with Gasteiger partial charge >= 0.3 is 0 Å². The van der Waals surface area contributed by atoms with Crippen LogP contribution in [0.25, 0.3) is 0 Å². The maximum atomic E-state index is 11.9. The van der Waals surface area contributed by atoms with Gasteiger partial charge < -0.3 is 14.8 Å². The number of benzene rings is 1. The first-order valence-electron chi connectivity index (χ1n) is 6.59. The van der Waals surface area contributed by atoms with Crippen molar-refractivity contribution in [2.75, 3.05) is 14.2 Å². The van der Waals surface area contributed by atoms with E-state index in [9.17, 15) is 4.79 Å². The van der Waals surface area contributed by atoms with Crippen molar-refractivity contribution in [3.05, 3.63) is 53.9 Å². The molecule has 0 saturated heterocycles. The molecule has 0 bridgehead atoms. The molecule has 0 aliphatic carbocycles. The van der Waals surface area contributed by atoms with E-state index in [2.05, 4.69) is 10.3 Å². The summed E-state index contributed by atoms with van der Waals surface area (Å²) in [5, 5.41) is 2.88. The Labute approximate surface area is 123 Å². The van der Waals surface area contributed by atoms with E-state index in [0.29, 0.717) is 24.5 Å². The van der Waals surface area contributed by atoms with E-state index in [1.165, 1.54) is 0 Å². The predicted octanol–water partition coefficient (Wildman–Crippen LogP) is 1.96. The van der Waals surface area contributed by atoms with E-state index >= 15 is 0 Å². The van der Waals surface area contributed by atoms with Gasteiger partial charge in [-0.25, -0.2) is 0 Å². The summed E-state index contributed by atoms with van der Waals surface area (Å²) in [6.45, 7) is 0.449. The van der Waals surface area contributed by atoms with Crippen molar-refractivity contribution in [2.45, 2.75) is 13.0 Å². The highest BCUT2D eigenvalue weighted by atomic mass is 16.5. The third kappa shape index (κ3) is 4.21. The van der Waals surface area contributed by atoms with Crippen LogP contribution in [0.4, 0.5) is 0 Å². The molecule has 21 heavy (non-hydrogen) atoms. The molecule has 110 valence electrons. The molecule has 1 amide bonds. The third-order valence-corrected chi connectivity index (χ3v) is 3.05. The van der Waals surface area contributed by atoms with E-state index in [1.54, 1.807) is 26.6 Å². The van der Waals surface area contributed by atoms with Crippen molar-refractivity contribution < 1.29 is 14.3 Å². The van der Waals surface area contributed by atoms with Crippen LogP contribution in [0.15, 0.2) is 42.7 Å². The molecule has 1 aromatic heterocycles. The van der Waals surface area contributed by atoms with Crippen molar-refractivity contribution in [1.29, 1.82) is 0 Å². The van der Waals surface area contributed by atoms with E-state index < -0.39 is 0 Å². The maximum absolute atomic E-state index is 11.9. The molecule has 0 fully saturated rings. The van der Waals surface area contributed by atoms with Crippen molar-refractivity contribution in [3.8, 4) is 11.5 Å². The van der Waals surface area contributed by atoms with Crippen molar-refractivity contribution in [3.63, 3.8) is 0 Å². The molecule has 0 atom stereocenters. The first kappa shape index (κ1) is 14.8. The first-order chi connectivity index (χ1) is 10.2. The van der Waals surface area contributed by atoms with Crippen LogP contribution in [0.1, 0.15) is 11.1 Å². The molecule has 0 saturated carbocycles. The highest BCUT2D eigenvalue weighted by Gasteiger charge is 2.06. The lowest BCUT2D eigenvalue weighted by atomic mass is 10.1. The number of carbonyl (C=O) groups is 1. The number of aromatic nitrogens is 1. The number of amides is 1. The van der Waals surface area contributed by atoms with E-state index in [-0.39, 0.29) is 5.91 Å². The molecule has 0 aliphatic heterocycles. The molecular weight excluding hydrogens is 268 g/mol. The highest BCUT2D eigenvalue weighted by Crippen LogP contribution is 2.27. The lowest BCUT2D eigenvalue weighted by Crippen LogP contribution is -2.24. The molecule has 0 spiro atoms. The molecule has 5 heteroatoms. The van der Waals surface area contributed by atoms with Crippen LogP contribution < -0.4 is 14.8 Å². The van der Waals surface area contributed by atoms with Crippen LogP contribution in [-0.2, 0) is 17.8 Å². The zero-order chi connectivity index (χ0) is 15.1. The summed E-state index contributed by atoms with van der Waals surface area (Å²) in [4.78, 5) is 15.8. The molecule has 2 aromatic rings. The predicted molar refractivity (Wildman–Crippen MR) is 79.3 cm³/mol. The van der Waals surface area contributed by atoms with Crippen molar-refractivity contribution >= 4 is 5.91 Å². The number of pyridine rings is 1. The molecule has 0 unspecified atom stereocenters. The zero-order valence-electron chi connectivity index (χ0n) is 12.1. The van der Waals surface area contributed by atoms with Crippen molar-refractivity contribution in [1.82, 2.24) is 10.3 Å². The topological polar surface area (TPSA) is 60.5 Å². The number of nitrogens with zero attached hydrogens (tertiary/aromatic N) is 1. The summed E-state index contributed by atoms with van der Waals surface area (Å²) >= 11 is 0. The fourth-order valence-electron chi connectivity index (χ4n) is 1.94. The normalized spacial score (nSPS) is 10.0. The maximum Gasteiger partial charge on any atom is 0.224 e. The average molecular weight is 286 g/mol. The number of hydrogen-bond donors (Lipinski definition) is 1. The summed E-state index contributed by atoms with van der Waals surface area (Å²) in [6, 6.07) is 9.23. The van der Waals surface area contributed by atoms with Gasteiger partial charge in [0.15, 0.2) is 11.5 Å². The SMILES string of the molecule is COc1ccc(CNC(=O)Cc2ccncc2)cc1OC. The second-order valence-corrected chi connectivity index (χ2v) is 4.50. The molecular formula is C16H18N2O3. The molecule has 0 radical (unpaired) electrons. The Balaban J connectivity index is 1.92. The number of ether oxygens (including phenoxy) is 2. The number of rotatable bonds is 6. The summed E-state index contributed by atoms with van der Waals surface area (Å²) in [6.07, 6.45) is 3.70. The Morgan fingerprint density at radius 3 is 2.43 bits per heavy atom. The van der Waals surface area contributed by atoms with Gasteiger partial charge in [0.25, 0.3) is 0 Å². The Hall–Kier alpha value is -2.56. The molecule has 5 nitrogen and oxygen atoms in total. The Kier molecular flexibility index (Phi) is 5.15. The van der Waals surface area contributed by atoms with Crippen LogP contribution in [0.5, 0.6) is 11.5 Å². The van der Waals surface area contributed by atoms with Crippen LogP contribution in [-0.4, -0.2) is 25.1 Å². The molecule has 1 N–H and O–H groups in total. The zero-order valence-corrected chi connectivity index (χ0v) is 12.1. The third-order valence-electron chi connectivity index (χ3n) is 3.05. The molecule has 1 heterocycles. The largest absolute Gasteiger partial charge is 0.493 e. The van der Waals surface area contributed by atoms with E-state index in [1.807, 2.05) is 30.3 Å². The number of carbonyl (C=O) groups excluding carboxylic acids is 1. The lowest BCUT2D eigenvalue weighted by Gasteiger charge is -2.10. The van der Waals surface area contributed by atoms with Gasteiger partial charge in [-0.3, -0.25) is 9.78 Å². The van der Waals surface area contributed by atoms with Crippen LogP contribution in [0, 0.1) is 0 Å². The van der Waals surface area contributed by atoms with Gasteiger partial charge in [-0.05, 0) is 35.4 Å². The summed E-state index contributed by atoms with van der Waals surface area (Å²) < 4.78 is 10.4. The number of methoxy groups -OCH3 is 2. The van der Waals surface area contributed by atoms with Gasteiger partial charge in [-0.1, -0.05) is 6.07 Å². The molecule has 1 aromatic carbocycles. The second-order valence-electron chi connectivity index (χ2n) is 4.50. The highest BCUT2D eigenvalue weighted by molar-refractivity contribution is 5.78. The number of nitrogens with one attached hydrogen (secondary N) is 1. The summed E-state index contributed by atoms with van der Waals surface area (Å²) in [7, 11) is 3.18. The van der Waals surface area contributed by atoms with Crippen LogP contribution >= 0.6 is 0 Å². The van der Waals surface area contributed by atoms with Gasteiger partial charge in [-0.15, -0.1) is 0 Å². The fourth-order valence-corrected chi connectivity index (χ4v) is 1.94. The summed E-state index contributed by atoms with van der Waals surface area (Å²) in [5.41, 5.74) is 1.89. The van der Waals surface area contributed by atoms with Crippen LogP contribution in [0.2, 0.25) is 0 Å². The molecule has 0 aliphatic rings. The van der Waals surface area contributed by atoms with Gasteiger partial charge in [0.05, 0.1) is 20.6 Å². The van der Waals surface area contributed by atoms with Gasteiger partial charge in [0, 0.05) is 18.9 Å². The standard InChI is InChI=1S/C16H18N2O3/c1-20-14-4-3-13(9-15(14)21-2)11-18-16(19)10-12-5-7-17-8-6-12/h3-9H,10-11H2,1-2H3,(H,18,19). The van der Waals surface area contributed by atoms with Crippen LogP contribution in [0.3, 0.4) is 0 Å². The minimum Gasteiger partial charge on any atom is -0.493 e. The minimum atomic E-state index is -0.0315. The average Bonchev–Trinajstić information content (AvgIpc) is 2.53. The Morgan fingerprint density at radius 1 is 1.05 bits per heavy atom. The fraction of sp³-hybridized carbons (Fsp3) is 0.250. The van der Waals surface area contributed by atoms with E-state index in [0.717, 1.165) is 11.1 Å². The van der Waals surface area contributed by atoms with E-state index in [4.69, 9.17) is 9.47 Å². The lowest BCUT2D eigenvalue weighted by molar-refractivity contribution is -0.120. The van der Waals surface area contributed by atoms with Gasteiger partial charge in [0.2, 0.25) is 5.91 Å². The quantitative estimate of drug-likeness (QED) is 0.882. The first-order valence-corrected chi connectivity index (χ1v) is 6.59. The number of hydrogen-bond acceptors (Lipinski definition) is 4. The van der Waals surface area contributed by atoms with Crippen molar-refractivity contribution in [2.24, 2.45) is 0 Å². The minimum absolute atomic E-state index is 0.0315. The smallest absolute Gasteiger partial charge is 0.224 e.